The first-order valence-electron chi connectivity index (χ1n) is 6.26. The fourth-order valence-electron chi connectivity index (χ4n) is 2.58. The number of rotatable bonds is 2. The van der Waals surface area contributed by atoms with Crippen LogP contribution in [0.2, 0.25) is 0 Å². The molecule has 1 rings (SSSR count). The molecule has 1 saturated heterocycles. The molecule has 0 aliphatic carbocycles. The topological polar surface area (TPSA) is 29.5 Å². The molecule has 0 atom stereocenters. The van der Waals surface area contributed by atoms with E-state index in [4.69, 9.17) is 4.74 Å². The SMILES string of the molecule is C=C.C=CC(=O)OC1CC(C)(C)N(C)C(C)(C)C1. The van der Waals surface area contributed by atoms with Crippen LogP contribution in [0.4, 0.5) is 0 Å². The van der Waals surface area contributed by atoms with Crippen molar-refractivity contribution in [2.24, 2.45) is 0 Å². The molecule has 0 amide bonds. The van der Waals surface area contributed by atoms with E-state index in [-0.39, 0.29) is 23.2 Å². The van der Waals surface area contributed by atoms with Crippen LogP contribution in [-0.2, 0) is 9.53 Å². The number of hydrogen-bond donors (Lipinski definition) is 0. The molecule has 3 heteroatoms. The molecular weight excluding hydrogens is 226 g/mol. The highest BCUT2D eigenvalue weighted by molar-refractivity contribution is 5.81. The molecule has 0 aromatic heterocycles. The maximum absolute atomic E-state index is 11.2. The largest absolute Gasteiger partial charge is 0.459 e. The second-order valence-corrected chi connectivity index (χ2v) is 5.86. The van der Waals surface area contributed by atoms with Crippen molar-refractivity contribution in [1.29, 1.82) is 0 Å². The molecular formula is C15H27NO2. The highest BCUT2D eigenvalue weighted by Crippen LogP contribution is 2.38. The van der Waals surface area contributed by atoms with E-state index in [9.17, 15) is 4.79 Å². The van der Waals surface area contributed by atoms with Crippen LogP contribution in [0.3, 0.4) is 0 Å². The van der Waals surface area contributed by atoms with Crippen molar-refractivity contribution in [3.05, 3.63) is 25.8 Å². The molecule has 0 aromatic rings. The van der Waals surface area contributed by atoms with Gasteiger partial charge in [-0.25, -0.2) is 4.79 Å². The summed E-state index contributed by atoms with van der Waals surface area (Å²) in [5.74, 6) is -0.318. The molecule has 104 valence electrons. The van der Waals surface area contributed by atoms with Gasteiger partial charge in [-0.15, -0.1) is 13.2 Å². The lowest BCUT2D eigenvalue weighted by molar-refractivity contribution is -0.152. The van der Waals surface area contributed by atoms with Gasteiger partial charge in [-0.2, -0.15) is 0 Å². The molecule has 1 aliphatic heterocycles. The van der Waals surface area contributed by atoms with Crippen molar-refractivity contribution in [2.75, 3.05) is 7.05 Å². The number of ether oxygens (including phenoxy) is 1. The Balaban J connectivity index is 0.00000137. The average molecular weight is 253 g/mol. The predicted molar refractivity (Wildman–Crippen MR) is 76.5 cm³/mol. The highest BCUT2D eigenvalue weighted by Gasteiger charge is 2.44. The van der Waals surface area contributed by atoms with Crippen LogP contribution >= 0.6 is 0 Å². The molecule has 1 fully saturated rings. The van der Waals surface area contributed by atoms with Crippen molar-refractivity contribution in [3.63, 3.8) is 0 Å². The van der Waals surface area contributed by atoms with Crippen LogP contribution in [0.25, 0.3) is 0 Å². The van der Waals surface area contributed by atoms with E-state index in [1.54, 1.807) is 0 Å². The first-order chi connectivity index (χ1) is 8.19. The Labute approximate surface area is 112 Å². The summed E-state index contributed by atoms with van der Waals surface area (Å²) in [6, 6.07) is 0. The Kier molecular flexibility index (Phi) is 5.81. The second-order valence-electron chi connectivity index (χ2n) is 5.86. The van der Waals surface area contributed by atoms with Crippen LogP contribution in [0.15, 0.2) is 25.8 Å². The summed E-state index contributed by atoms with van der Waals surface area (Å²) in [5.41, 5.74) is 0.0989. The van der Waals surface area contributed by atoms with Crippen LogP contribution in [0.5, 0.6) is 0 Å². The van der Waals surface area contributed by atoms with Crippen LogP contribution in [0, 0.1) is 0 Å². The molecule has 18 heavy (non-hydrogen) atoms. The van der Waals surface area contributed by atoms with Gasteiger partial charge in [-0.05, 0) is 34.7 Å². The molecule has 3 nitrogen and oxygen atoms in total. The standard InChI is InChI=1S/C13H23NO2.C2H4/c1-7-11(15)16-10-8-12(2,3)14(6)13(4,5)9-10;1-2/h7,10H,1,8-9H2,2-6H3;1-2H2. The van der Waals surface area contributed by atoms with Gasteiger partial charge in [-0.3, -0.25) is 4.90 Å². The minimum Gasteiger partial charge on any atom is -0.459 e. The van der Waals surface area contributed by atoms with E-state index in [2.05, 4.69) is 59.4 Å². The summed E-state index contributed by atoms with van der Waals surface area (Å²) in [4.78, 5) is 13.6. The summed E-state index contributed by atoms with van der Waals surface area (Å²) in [5, 5.41) is 0. The fraction of sp³-hybridized carbons (Fsp3) is 0.667. The van der Waals surface area contributed by atoms with E-state index >= 15 is 0 Å². The van der Waals surface area contributed by atoms with Crippen LogP contribution in [-0.4, -0.2) is 35.1 Å². The summed E-state index contributed by atoms with van der Waals surface area (Å²) in [7, 11) is 2.13. The Morgan fingerprint density at radius 3 is 1.94 bits per heavy atom. The third-order valence-electron chi connectivity index (χ3n) is 3.72. The van der Waals surface area contributed by atoms with Gasteiger partial charge in [0, 0.05) is 30.0 Å². The number of likely N-dealkylation sites (tertiary alicyclic amines) is 1. The van der Waals surface area contributed by atoms with Crippen molar-refractivity contribution in [2.45, 2.75) is 57.7 Å². The minimum absolute atomic E-state index is 0.00769. The van der Waals surface area contributed by atoms with E-state index in [1.165, 1.54) is 6.08 Å². The Hall–Kier alpha value is -1.09. The molecule has 0 unspecified atom stereocenters. The van der Waals surface area contributed by atoms with Gasteiger partial charge in [0.15, 0.2) is 0 Å². The van der Waals surface area contributed by atoms with Crippen molar-refractivity contribution < 1.29 is 9.53 Å². The Bertz CT molecular complexity index is 290. The van der Waals surface area contributed by atoms with Crippen LogP contribution in [0.1, 0.15) is 40.5 Å². The van der Waals surface area contributed by atoms with Gasteiger partial charge >= 0.3 is 5.97 Å². The average Bonchev–Trinajstić information content (AvgIpc) is 2.27. The summed E-state index contributed by atoms with van der Waals surface area (Å²) in [6.45, 7) is 18.2. The molecule has 0 radical (unpaired) electrons. The van der Waals surface area contributed by atoms with Gasteiger partial charge in [-0.1, -0.05) is 6.58 Å². The first kappa shape index (κ1) is 16.9. The third kappa shape index (κ3) is 3.98. The predicted octanol–water partition coefficient (Wildman–Crippen LogP) is 3.17. The summed E-state index contributed by atoms with van der Waals surface area (Å²) >= 11 is 0. The molecule has 0 spiro atoms. The number of piperidine rings is 1. The molecule has 0 aromatic carbocycles. The van der Waals surface area contributed by atoms with E-state index in [0.717, 1.165) is 12.8 Å². The zero-order valence-electron chi connectivity index (χ0n) is 12.5. The molecule has 0 bridgehead atoms. The highest BCUT2D eigenvalue weighted by atomic mass is 16.5. The number of nitrogens with zero attached hydrogens (tertiary/aromatic N) is 1. The fourth-order valence-corrected chi connectivity index (χ4v) is 2.58. The van der Waals surface area contributed by atoms with Gasteiger partial charge in [0.1, 0.15) is 6.10 Å². The van der Waals surface area contributed by atoms with Crippen molar-refractivity contribution in [3.8, 4) is 0 Å². The number of hydrogen-bond acceptors (Lipinski definition) is 3. The quantitative estimate of drug-likeness (QED) is 0.430. The maximum atomic E-state index is 11.2. The third-order valence-corrected chi connectivity index (χ3v) is 3.72. The van der Waals surface area contributed by atoms with E-state index < -0.39 is 0 Å². The number of esters is 1. The van der Waals surface area contributed by atoms with Gasteiger partial charge in [0.05, 0.1) is 0 Å². The molecule has 0 saturated carbocycles. The minimum atomic E-state index is -0.318. The zero-order valence-corrected chi connectivity index (χ0v) is 12.5. The summed E-state index contributed by atoms with van der Waals surface area (Å²) in [6.07, 6.45) is 2.96. The van der Waals surface area contributed by atoms with Gasteiger partial charge < -0.3 is 4.74 Å². The monoisotopic (exact) mass is 253 g/mol. The van der Waals surface area contributed by atoms with Crippen LogP contribution < -0.4 is 0 Å². The molecule has 1 heterocycles. The van der Waals surface area contributed by atoms with Gasteiger partial charge in [0.2, 0.25) is 0 Å². The summed E-state index contributed by atoms with van der Waals surface area (Å²) < 4.78 is 5.38. The van der Waals surface area contributed by atoms with Gasteiger partial charge in [0.25, 0.3) is 0 Å². The number of carbonyl (C=O) groups excluding carboxylic acids is 1. The molecule has 1 aliphatic rings. The van der Waals surface area contributed by atoms with Crippen molar-refractivity contribution in [1.82, 2.24) is 4.90 Å². The smallest absolute Gasteiger partial charge is 0.330 e. The second kappa shape index (κ2) is 6.19. The lowest BCUT2D eigenvalue weighted by Crippen LogP contribution is -2.60. The maximum Gasteiger partial charge on any atom is 0.330 e. The first-order valence-corrected chi connectivity index (χ1v) is 6.26. The van der Waals surface area contributed by atoms with Crippen molar-refractivity contribution >= 4 is 5.97 Å². The normalized spacial score (nSPS) is 22.5. The zero-order chi connectivity index (χ0) is 14.6. The molecule has 0 N–H and O–H groups in total. The Morgan fingerprint density at radius 1 is 1.22 bits per heavy atom. The number of carbonyl (C=O) groups is 1. The lowest BCUT2D eigenvalue weighted by Gasteiger charge is -2.53. The Morgan fingerprint density at radius 2 is 1.61 bits per heavy atom. The lowest BCUT2D eigenvalue weighted by atomic mass is 9.79. The van der Waals surface area contributed by atoms with E-state index in [1.807, 2.05) is 0 Å². The van der Waals surface area contributed by atoms with E-state index in [0.29, 0.717) is 0 Å².